The van der Waals surface area contributed by atoms with E-state index in [1.807, 2.05) is 24.3 Å². The molecular formula is C12H16N2. The van der Waals surface area contributed by atoms with E-state index in [1.54, 1.807) is 6.20 Å². The van der Waals surface area contributed by atoms with Crippen molar-refractivity contribution in [2.75, 3.05) is 20.5 Å². The van der Waals surface area contributed by atoms with Gasteiger partial charge < -0.3 is 9.88 Å². The molecule has 2 rings (SSSR count). The maximum Gasteiger partial charge on any atom is 0.0456 e. The van der Waals surface area contributed by atoms with Gasteiger partial charge in [0.2, 0.25) is 0 Å². The van der Waals surface area contributed by atoms with E-state index in [-0.39, 0.29) is 6.42 Å². The lowest BCUT2D eigenvalue weighted by atomic mass is 10.1. The Hall–Kier alpha value is -1.28. The standard InChI is InChI=1S/C12H16N2/c1-14(2)8-7-10-9-13-12-6-4-3-5-11(10)12/h3-6,9,13H,7-8H2,1-2H3/i1D3,8D2. The first-order valence-corrected chi connectivity index (χ1v) is 4.51. The minimum atomic E-state index is -2.45. The lowest BCUT2D eigenvalue weighted by Crippen LogP contribution is -2.14. The second-order valence-electron chi connectivity index (χ2n) is 3.25. The number of benzene rings is 1. The minimum Gasteiger partial charge on any atom is -0.361 e. The summed E-state index contributed by atoms with van der Waals surface area (Å²) in [5.41, 5.74) is 1.70. The largest absolute Gasteiger partial charge is 0.361 e. The third-order valence-electron chi connectivity index (χ3n) is 2.18. The van der Waals surface area contributed by atoms with E-state index in [1.165, 1.54) is 7.05 Å². The molecule has 0 unspecified atom stereocenters. The van der Waals surface area contributed by atoms with Crippen LogP contribution in [0.1, 0.15) is 12.4 Å². The van der Waals surface area contributed by atoms with E-state index in [4.69, 9.17) is 6.85 Å². The molecule has 0 amide bonds. The number of aryl methyl sites for hydroxylation is 1. The highest BCUT2D eigenvalue weighted by Gasteiger charge is 2.02. The van der Waals surface area contributed by atoms with Gasteiger partial charge in [-0.3, -0.25) is 0 Å². The van der Waals surface area contributed by atoms with Gasteiger partial charge in [-0.15, -0.1) is 0 Å². The molecule has 1 aromatic heterocycles. The van der Waals surface area contributed by atoms with Crippen molar-refractivity contribution in [3.8, 4) is 0 Å². The topological polar surface area (TPSA) is 19.0 Å². The van der Waals surface area contributed by atoms with Gasteiger partial charge in [0, 0.05) is 30.5 Å². The molecule has 0 aliphatic heterocycles. The van der Waals surface area contributed by atoms with Crippen molar-refractivity contribution in [1.82, 2.24) is 9.88 Å². The number of likely N-dealkylation sites (N-methyl/N-ethyl adjacent to an activating group) is 1. The van der Waals surface area contributed by atoms with Crippen LogP contribution in [0.3, 0.4) is 0 Å². The van der Waals surface area contributed by atoms with Crippen molar-refractivity contribution in [1.29, 1.82) is 0 Å². The van der Waals surface area contributed by atoms with Gasteiger partial charge in [0.1, 0.15) is 0 Å². The van der Waals surface area contributed by atoms with Crippen molar-refractivity contribution in [3.05, 3.63) is 36.0 Å². The first-order valence-electron chi connectivity index (χ1n) is 7.01. The van der Waals surface area contributed by atoms with Crippen LogP contribution in [-0.2, 0) is 6.42 Å². The average Bonchev–Trinajstić information content (AvgIpc) is 2.70. The summed E-state index contributed by atoms with van der Waals surface area (Å²) in [6.07, 6.45) is 1.75. The van der Waals surface area contributed by atoms with Crippen LogP contribution in [0, 0.1) is 0 Å². The third-order valence-corrected chi connectivity index (χ3v) is 2.18. The number of fused-ring (bicyclic) bond motifs is 1. The molecule has 2 heteroatoms. The van der Waals surface area contributed by atoms with Crippen LogP contribution < -0.4 is 0 Å². The fourth-order valence-electron chi connectivity index (χ4n) is 1.48. The number of aromatic nitrogens is 1. The smallest absolute Gasteiger partial charge is 0.0456 e. The number of rotatable bonds is 3. The molecular weight excluding hydrogens is 172 g/mol. The Labute approximate surface area is 91.6 Å². The molecule has 0 fully saturated rings. The van der Waals surface area contributed by atoms with Crippen LogP contribution in [0.15, 0.2) is 30.5 Å². The van der Waals surface area contributed by atoms with Gasteiger partial charge in [-0.2, -0.15) is 0 Å². The Balaban J connectivity index is 2.30. The van der Waals surface area contributed by atoms with Crippen molar-refractivity contribution in [2.24, 2.45) is 0 Å². The molecule has 2 nitrogen and oxygen atoms in total. The average molecular weight is 193 g/mol. The monoisotopic (exact) mass is 193 g/mol. The Kier molecular flexibility index (Phi) is 1.37. The normalized spacial score (nSPS) is 18.6. The van der Waals surface area contributed by atoms with E-state index in [0.29, 0.717) is 0 Å². The van der Waals surface area contributed by atoms with E-state index >= 15 is 0 Å². The van der Waals surface area contributed by atoms with E-state index in [9.17, 15) is 0 Å². The third kappa shape index (κ3) is 1.80. The summed E-state index contributed by atoms with van der Waals surface area (Å²) in [5, 5.41) is 0.922. The highest BCUT2D eigenvalue weighted by Crippen LogP contribution is 2.17. The zero-order chi connectivity index (χ0) is 14.3. The summed E-state index contributed by atoms with van der Waals surface area (Å²) in [7, 11) is 1.28. The Morgan fingerprint density at radius 2 is 2.36 bits per heavy atom. The fraction of sp³-hybridized carbons (Fsp3) is 0.333. The zero-order valence-electron chi connectivity index (χ0n) is 13.0. The molecule has 0 saturated heterocycles. The van der Waals surface area contributed by atoms with E-state index < -0.39 is 13.5 Å². The predicted octanol–water partition coefficient (Wildman–Crippen LogP) is 2.27. The van der Waals surface area contributed by atoms with Crippen molar-refractivity contribution in [2.45, 2.75) is 6.42 Å². The summed E-state index contributed by atoms with van der Waals surface area (Å²) in [6.45, 7) is -4.38. The molecule has 0 spiro atoms. The van der Waals surface area contributed by atoms with Crippen molar-refractivity contribution < 1.29 is 6.85 Å². The number of para-hydroxylation sites is 1. The van der Waals surface area contributed by atoms with Gasteiger partial charge in [-0.1, -0.05) is 18.2 Å². The molecule has 0 radical (unpaired) electrons. The zero-order valence-corrected chi connectivity index (χ0v) is 8.04. The quantitative estimate of drug-likeness (QED) is 0.792. The maximum absolute atomic E-state index is 7.96. The van der Waals surface area contributed by atoms with E-state index in [2.05, 4.69) is 4.98 Å². The molecule has 74 valence electrons. The summed E-state index contributed by atoms with van der Waals surface area (Å²) < 4.78 is 37.8. The molecule has 0 bridgehead atoms. The lowest BCUT2D eigenvalue weighted by molar-refractivity contribution is 0.414. The molecule has 0 saturated carbocycles. The predicted molar refractivity (Wildman–Crippen MR) is 60.6 cm³/mol. The molecule has 0 atom stereocenters. The number of aromatic amines is 1. The highest BCUT2D eigenvalue weighted by molar-refractivity contribution is 5.83. The summed E-state index contributed by atoms with van der Waals surface area (Å²) in [4.78, 5) is 3.86. The molecule has 1 aromatic carbocycles. The number of hydrogen-bond donors (Lipinski definition) is 1. The van der Waals surface area contributed by atoms with Gasteiger partial charge in [-0.25, -0.2) is 0 Å². The molecule has 1 heterocycles. The van der Waals surface area contributed by atoms with Crippen LogP contribution in [0.25, 0.3) is 10.9 Å². The molecule has 0 aliphatic carbocycles. The number of hydrogen-bond acceptors (Lipinski definition) is 1. The SMILES string of the molecule is [2H]C([2H])([2H])N(C)C([2H])([2H])Cc1c[nH]c2ccccc12. The number of nitrogens with one attached hydrogen (secondary N) is 1. The van der Waals surface area contributed by atoms with Crippen LogP contribution >= 0.6 is 0 Å². The first kappa shape index (κ1) is 4.99. The van der Waals surface area contributed by atoms with Gasteiger partial charge in [0.25, 0.3) is 0 Å². The lowest BCUT2D eigenvalue weighted by Gasteiger charge is -2.07. The summed E-state index contributed by atoms with van der Waals surface area (Å²) in [5.74, 6) is 0. The van der Waals surface area contributed by atoms with Gasteiger partial charge in [-0.05, 0) is 32.1 Å². The number of H-pyrrole nitrogens is 1. The van der Waals surface area contributed by atoms with E-state index in [0.717, 1.165) is 21.4 Å². The molecule has 2 aromatic rings. The first-order chi connectivity index (χ1) is 8.72. The summed E-state index contributed by atoms with van der Waals surface area (Å²) in [6, 6.07) is 7.57. The van der Waals surface area contributed by atoms with Crippen LogP contribution in [-0.4, -0.2) is 30.4 Å². The van der Waals surface area contributed by atoms with Gasteiger partial charge in [0.05, 0.1) is 0 Å². The molecule has 14 heavy (non-hydrogen) atoms. The maximum atomic E-state index is 7.96. The van der Waals surface area contributed by atoms with Crippen LogP contribution in [0.2, 0.25) is 0 Å². The molecule has 1 N–H and O–H groups in total. The highest BCUT2D eigenvalue weighted by atomic mass is 15.0. The Morgan fingerprint density at radius 3 is 3.21 bits per heavy atom. The Morgan fingerprint density at radius 1 is 1.50 bits per heavy atom. The molecule has 0 aliphatic rings. The van der Waals surface area contributed by atoms with Gasteiger partial charge in [0.15, 0.2) is 0 Å². The van der Waals surface area contributed by atoms with Crippen LogP contribution in [0.5, 0.6) is 0 Å². The minimum absolute atomic E-state index is 0.0197. The summed E-state index contributed by atoms with van der Waals surface area (Å²) >= 11 is 0. The van der Waals surface area contributed by atoms with Crippen molar-refractivity contribution >= 4 is 10.9 Å². The Bertz CT molecular complexity index is 573. The van der Waals surface area contributed by atoms with Crippen molar-refractivity contribution in [3.63, 3.8) is 0 Å². The number of nitrogens with zero attached hydrogens (tertiary/aromatic N) is 1. The van der Waals surface area contributed by atoms with Gasteiger partial charge >= 0.3 is 0 Å². The second-order valence-corrected chi connectivity index (χ2v) is 3.25. The fourth-order valence-corrected chi connectivity index (χ4v) is 1.48. The van der Waals surface area contributed by atoms with Crippen LogP contribution in [0.4, 0.5) is 0 Å². The second kappa shape index (κ2) is 3.84.